The molecule has 4 heteroatoms. The maximum absolute atomic E-state index is 11.1. The first kappa shape index (κ1) is 10.9. The van der Waals surface area contributed by atoms with Crippen LogP contribution in [0.2, 0.25) is 0 Å². The minimum atomic E-state index is -0.143. The van der Waals surface area contributed by atoms with E-state index in [4.69, 9.17) is 0 Å². The van der Waals surface area contributed by atoms with E-state index in [2.05, 4.69) is 21.4 Å². The Balaban J connectivity index is 2.15. The summed E-state index contributed by atoms with van der Waals surface area (Å²) in [6.07, 6.45) is 4.80. The molecule has 1 aromatic rings. The van der Waals surface area contributed by atoms with Crippen molar-refractivity contribution in [3.63, 3.8) is 0 Å². The van der Waals surface area contributed by atoms with E-state index in [1.54, 1.807) is 0 Å². The van der Waals surface area contributed by atoms with Gasteiger partial charge < -0.3 is 9.88 Å². The lowest BCUT2D eigenvalue weighted by Crippen LogP contribution is -2.21. The van der Waals surface area contributed by atoms with Crippen molar-refractivity contribution in [3.8, 4) is 0 Å². The molecule has 0 bridgehead atoms. The molecule has 86 valence electrons. The van der Waals surface area contributed by atoms with Crippen molar-refractivity contribution in [2.75, 3.05) is 0 Å². The Kier molecular flexibility index (Phi) is 3.08. The van der Waals surface area contributed by atoms with E-state index in [1.165, 1.54) is 24.6 Å². The van der Waals surface area contributed by atoms with Gasteiger partial charge in [0.15, 0.2) is 0 Å². The number of carbonyl (C=O) groups excluding carboxylic acids is 1. The van der Waals surface area contributed by atoms with E-state index in [-0.39, 0.29) is 5.91 Å². The summed E-state index contributed by atoms with van der Waals surface area (Å²) < 4.78 is 2.26. The second-order valence-corrected chi connectivity index (χ2v) is 4.08. The van der Waals surface area contributed by atoms with Crippen LogP contribution in [0, 0.1) is 6.92 Å². The average Bonchev–Trinajstić information content (AvgIpc) is 2.64. The number of hydrogen-bond acceptors (Lipinski definition) is 2. The monoisotopic (exact) mass is 219 g/mol. The normalized spacial score (nSPS) is 14.3. The number of fused-ring (bicyclic) bond motifs is 1. The fourth-order valence-corrected chi connectivity index (χ4v) is 2.19. The van der Waals surface area contributed by atoms with Crippen molar-refractivity contribution in [1.29, 1.82) is 0 Å². The minimum absolute atomic E-state index is 0.143. The van der Waals surface area contributed by atoms with Crippen LogP contribution in [-0.2, 0) is 24.3 Å². The Bertz CT molecular complexity index is 420. The molecule has 0 unspecified atom stereocenters. The zero-order valence-electron chi connectivity index (χ0n) is 9.62. The summed E-state index contributed by atoms with van der Waals surface area (Å²) in [5, 5.41) is 2.78. The van der Waals surface area contributed by atoms with E-state index < -0.39 is 0 Å². The third-order valence-corrected chi connectivity index (χ3v) is 3.01. The Hall–Kier alpha value is -1.58. The zero-order chi connectivity index (χ0) is 11.5. The van der Waals surface area contributed by atoms with Gasteiger partial charge in [-0.15, -0.1) is 0 Å². The summed E-state index contributed by atoms with van der Waals surface area (Å²) in [5.74, 6) is 0.910. The number of rotatable bonds is 3. The summed E-state index contributed by atoms with van der Waals surface area (Å²) in [4.78, 5) is 15.6. The van der Waals surface area contributed by atoms with Gasteiger partial charge in [0.2, 0.25) is 5.91 Å². The fraction of sp³-hybridized carbons (Fsp3) is 0.500. The molecule has 0 saturated carbocycles. The molecule has 2 rings (SSSR count). The molecule has 0 aromatic carbocycles. The van der Waals surface area contributed by atoms with Gasteiger partial charge in [0.05, 0.1) is 12.2 Å². The maximum Gasteiger partial charge on any atom is 0.243 e. The molecule has 2 heterocycles. The van der Waals surface area contributed by atoms with Crippen LogP contribution < -0.4 is 5.32 Å². The predicted molar refractivity (Wildman–Crippen MR) is 61.9 cm³/mol. The maximum atomic E-state index is 11.1. The van der Waals surface area contributed by atoms with E-state index in [0.29, 0.717) is 6.54 Å². The first-order valence-corrected chi connectivity index (χ1v) is 5.67. The molecular weight excluding hydrogens is 202 g/mol. The smallest absolute Gasteiger partial charge is 0.243 e. The van der Waals surface area contributed by atoms with Crippen LogP contribution in [0.5, 0.6) is 0 Å². The minimum Gasteiger partial charge on any atom is -0.347 e. The van der Waals surface area contributed by atoms with Gasteiger partial charge in [0.1, 0.15) is 5.82 Å². The van der Waals surface area contributed by atoms with Gasteiger partial charge in [-0.3, -0.25) is 4.79 Å². The fourth-order valence-electron chi connectivity index (χ4n) is 2.19. The molecule has 0 saturated heterocycles. The van der Waals surface area contributed by atoms with Crippen LogP contribution in [0.15, 0.2) is 12.7 Å². The van der Waals surface area contributed by atoms with Crippen LogP contribution in [0.25, 0.3) is 0 Å². The summed E-state index contributed by atoms with van der Waals surface area (Å²) in [6.45, 7) is 7.02. The topological polar surface area (TPSA) is 46.9 Å². The van der Waals surface area contributed by atoms with Gasteiger partial charge in [0.25, 0.3) is 0 Å². The van der Waals surface area contributed by atoms with Gasteiger partial charge in [-0.05, 0) is 32.3 Å². The van der Waals surface area contributed by atoms with Gasteiger partial charge in [-0.1, -0.05) is 6.58 Å². The second-order valence-electron chi connectivity index (χ2n) is 4.08. The SMILES string of the molecule is C=CC(=O)NCc1nc(C)n2c1CCCC2. The number of nitrogens with zero attached hydrogens (tertiary/aromatic N) is 2. The lowest BCUT2D eigenvalue weighted by molar-refractivity contribution is -0.116. The molecule has 1 amide bonds. The van der Waals surface area contributed by atoms with Crippen molar-refractivity contribution in [2.45, 2.75) is 39.3 Å². The number of imidazole rings is 1. The third-order valence-electron chi connectivity index (χ3n) is 3.01. The van der Waals surface area contributed by atoms with Gasteiger partial charge in [-0.25, -0.2) is 4.98 Å². The molecular formula is C12H17N3O. The zero-order valence-corrected chi connectivity index (χ0v) is 9.62. The molecule has 1 N–H and O–H groups in total. The number of aryl methyl sites for hydroxylation is 1. The van der Waals surface area contributed by atoms with Crippen LogP contribution in [0.1, 0.15) is 30.1 Å². The lowest BCUT2D eigenvalue weighted by atomic mass is 10.1. The Labute approximate surface area is 95.4 Å². The predicted octanol–water partition coefficient (Wildman–Crippen LogP) is 1.33. The highest BCUT2D eigenvalue weighted by Crippen LogP contribution is 2.20. The van der Waals surface area contributed by atoms with Gasteiger partial charge in [-0.2, -0.15) is 0 Å². The van der Waals surface area contributed by atoms with E-state index >= 15 is 0 Å². The molecule has 0 radical (unpaired) electrons. The number of nitrogens with one attached hydrogen (secondary N) is 1. The number of aromatic nitrogens is 2. The first-order chi connectivity index (χ1) is 7.72. The molecule has 1 aliphatic rings. The average molecular weight is 219 g/mol. The van der Waals surface area contributed by atoms with Gasteiger partial charge in [0, 0.05) is 12.2 Å². The summed E-state index contributed by atoms with van der Waals surface area (Å²) in [5.41, 5.74) is 2.29. The van der Waals surface area contributed by atoms with Crippen LogP contribution in [0.4, 0.5) is 0 Å². The van der Waals surface area contributed by atoms with E-state index in [1.807, 2.05) is 6.92 Å². The standard InChI is InChI=1S/C12H17N3O/c1-3-12(16)13-8-10-11-6-4-5-7-15(11)9(2)14-10/h3H,1,4-8H2,2H3,(H,13,16). The van der Waals surface area contributed by atoms with Crippen molar-refractivity contribution >= 4 is 5.91 Å². The quantitative estimate of drug-likeness (QED) is 0.780. The Morgan fingerprint density at radius 2 is 2.44 bits per heavy atom. The Morgan fingerprint density at radius 3 is 3.19 bits per heavy atom. The molecule has 0 spiro atoms. The summed E-state index contributed by atoms with van der Waals surface area (Å²) in [7, 11) is 0. The first-order valence-electron chi connectivity index (χ1n) is 5.67. The highest BCUT2D eigenvalue weighted by molar-refractivity contribution is 5.86. The van der Waals surface area contributed by atoms with E-state index in [0.717, 1.165) is 24.5 Å². The highest BCUT2D eigenvalue weighted by atomic mass is 16.1. The third kappa shape index (κ3) is 2.01. The molecule has 0 atom stereocenters. The van der Waals surface area contributed by atoms with Crippen LogP contribution in [-0.4, -0.2) is 15.5 Å². The number of carbonyl (C=O) groups is 1. The molecule has 0 fully saturated rings. The van der Waals surface area contributed by atoms with Crippen LogP contribution >= 0.6 is 0 Å². The lowest BCUT2D eigenvalue weighted by Gasteiger charge is -2.16. The summed E-state index contributed by atoms with van der Waals surface area (Å²) in [6, 6.07) is 0. The van der Waals surface area contributed by atoms with Crippen molar-refractivity contribution < 1.29 is 4.79 Å². The largest absolute Gasteiger partial charge is 0.347 e. The van der Waals surface area contributed by atoms with Gasteiger partial charge >= 0.3 is 0 Å². The van der Waals surface area contributed by atoms with Crippen molar-refractivity contribution in [1.82, 2.24) is 14.9 Å². The molecule has 1 aliphatic heterocycles. The molecule has 1 aromatic heterocycles. The number of hydrogen-bond donors (Lipinski definition) is 1. The highest BCUT2D eigenvalue weighted by Gasteiger charge is 2.17. The molecule has 0 aliphatic carbocycles. The van der Waals surface area contributed by atoms with E-state index in [9.17, 15) is 4.79 Å². The number of amides is 1. The van der Waals surface area contributed by atoms with Crippen molar-refractivity contribution in [3.05, 3.63) is 29.9 Å². The summed E-state index contributed by atoms with van der Waals surface area (Å²) >= 11 is 0. The molecule has 16 heavy (non-hydrogen) atoms. The molecule has 4 nitrogen and oxygen atoms in total. The van der Waals surface area contributed by atoms with Crippen LogP contribution in [0.3, 0.4) is 0 Å². The second kappa shape index (κ2) is 4.51. The Morgan fingerprint density at radius 1 is 1.62 bits per heavy atom. The van der Waals surface area contributed by atoms with Crippen molar-refractivity contribution in [2.24, 2.45) is 0 Å².